The smallest absolute Gasteiger partial charge is 0.191 e. The van der Waals surface area contributed by atoms with Gasteiger partial charge in [0.15, 0.2) is 5.96 Å². The van der Waals surface area contributed by atoms with Gasteiger partial charge in [0.2, 0.25) is 0 Å². The predicted molar refractivity (Wildman–Crippen MR) is 101 cm³/mol. The summed E-state index contributed by atoms with van der Waals surface area (Å²) >= 11 is 0. The van der Waals surface area contributed by atoms with Crippen LogP contribution >= 0.6 is 0 Å². The van der Waals surface area contributed by atoms with Gasteiger partial charge in [0.25, 0.3) is 0 Å². The first-order chi connectivity index (χ1) is 11.7. The molecule has 24 heavy (non-hydrogen) atoms. The van der Waals surface area contributed by atoms with E-state index in [9.17, 15) is 0 Å². The molecule has 1 saturated heterocycles. The first-order valence-electron chi connectivity index (χ1n) is 9.46. The molecule has 0 bridgehead atoms. The van der Waals surface area contributed by atoms with Gasteiger partial charge < -0.3 is 25.0 Å². The Balaban J connectivity index is 2.18. The van der Waals surface area contributed by atoms with Gasteiger partial charge in [-0.05, 0) is 31.6 Å². The summed E-state index contributed by atoms with van der Waals surface area (Å²) in [7, 11) is 1.69. The van der Waals surface area contributed by atoms with E-state index in [1.807, 2.05) is 0 Å². The Labute approximate surface area is 148 Å². The van der Waals surface area contributed by atoms with Crippen molar-refractivity contribution in [3.05, 3.63) is 0 Å². The molecule has 142 valence electrons. The number of likely N-dealkylation sites (tertiary alicyclic amines) is 1. The third-order valence-corrected chi connectivity index (χ3v) is 4.16. The number of piperidine rings is 1. The van der Waals surface area contributed by atoms with Crippen LogP contribution in [0.1, 0.15) is 33.6 Å². The summed E-state index contributed by atoms with van der Waals surface area (Å²) in [4.78, 5) is 7.18. The molecule has 1 rings (SSSR count). The van der Waals surface area contributed by atoms with Crippen LogP contribution in [0.2, 0.25) is 0 Å². The Morgan fingerprint density at radius 3 is 2.54 bits per heavy atom. The zero-order chi connectivity index (χ0) is 17.6. The molecule has 0 aromatic carbocycles. The van der Waals surface area contributed by atoms with Crippen molar-refractivity contribution in [2.24, 2.45) is 16.8 Å². The number of hydrogen-bond acceptors (Lipinski definition) is 4. The molecule has 2 N–H and O–H groups in total. The average Bonchev–Trinajstić information content (AvgIpc) is 2.53. The van der Waals surface area contributed by atoms with Crippen LogP contribution in [0.3, 0.4) is 0 Å². The van der Waals surface area contributed by atoms with Gasteiger partial charge in [-0.25, -0.2) is 0 Å². The number of guanidine groups is 1. The fraction of sp³-hybridized carbons (Fsp3) is 0.944. The highest BCUT2D eigenvalue weighted by Gasteiger charge is 2.21. The number of aliphatic imine (C=N–C) groups is 1. The van der Waals surface area contributed by atoms with Gasteiger partial charge in [0.05, 0.1) is 13.2 Å². The second-order valence-corrected chi connectivity index (χ2v) is 6.85. The fourth-order valence-electron chi connectivity index (χ4n) is 3.25. The van der Waals surface area contributed by atoms with Crippen molar-refractivity contribution in [2.75, 3.05) is 66.2 Å². The molecule has 1 fully saturated rings. The molecule has 1 aliphatic heterocycles. The van der Waals surface area contributed by atoms with E-state index in [1.165, 1.54) is 19.5 Å². The summed E-state index contributed by atoms with van der Waals surface area (Å²) in [5, 5.41) is 6.75. The number of hydrogen-bond donors (Lipinski definition) is 2. The molecule has 0 saturated carbocycles. The van der Waals surface area contributed by atoms with Gasteiger partial charge in [-0.3, -0.25) is 4.99 Å². The summed E-state index contributed by atoms with van der Waals surface area (Å²) in [5.74, 6) is 2.54. The Bertz CT molecular complexity index is 329. The number of nitrogens with one attached hydrogen (secondary N) is 2. The van der Waals surface area contributed by atoms with E-state index in [4.69, 9.17) is 9.47 Å². The highest BCUT2D eigenvalue weighted by molar-refractivity contribution is 5.79. The maximum atomic E-state index is 5.45. The van der Waals surface area contributed by atoms with E-state index >= 15 is 0 Å². The molecule has 6 nitrogen and oxygen atoms in total. The van der Waals surface area contributed by atoms with E-state index in [0.717, 1.165) is 57.0 Å². The number of methoxy groups -OCH3 is 1. The molecule has 1 heterocycles. The minimum atomic E-state index is 0.654. The third kappa shape index (κ3) is 10.1. The van der Waals surface area contributed by atoms with Crippen LogP contribution in [0.5, 0.6) is 0 Å². The highest BCUT2D eigenvalue weighted by atomic mass is 16.5. The van der Waals surface area contributed by atoms with Crippen molar-refractivity contribution in [3.63, 3.8) is 0 Å². The standard InChI is InChI=1S/C18H38N4O2/c1-5-19-18(20-7-6-10-24-12-11-23-4)21-8-9-22-14-16(2)13-17(3)15-22/h16-17H,5-15H2,1-4H3,(H2,19,20,21). The minimum Gasteiger partial charge on any atom is -0.382 e. The molecule has 0 amide bonds. The summed E-state index contributed by atoms with van der Waals surface area (Å²) in [6, 6.07) is 0. The Morgan fingerprint density at radius 1 is 1.12 bits per heavy atom. The summed E-state index contributed by atoms with van der Waals surface area (Å²) in [6.07, 6.45) is 2.29. The van der Waals surface area contributed by atoms with E-state index in [2.05, 4.69) is 41.3 Å². The second kappa shape index (κ2) is 13.4. The predicted octanol–water partition coefficient (Wildman–Crippen LogP) is 1.57. The van der Waals surface area contributed by atoms with Crippen molar-refractivity contribution < 1.29 is 9.47 Å². The van der Waals surface area contributed by atoms with Crippen LogP contribution in [0, 0.1) is 11.8 Å². The topological polar surface area (TPSA) is 58.1 Å². The van der Waals surface area contributed by atoms with Crippen molar-refractivity contribution in [3.8, 4) is 0 Å². The Hall–Kier alpha value is -0.850. The van der Waals surface area contributed by atoms with Crippen LogP contribution in [-0.2, 0) is 9.47 Å². The van der Waals surface area contributed by atoms with Crippen LogP contribution in [-0.4, -0.2) is 77.1 Å². The Morgan fingerprint density at radius 2 is 1.88 bits per heavy atom. The van der Waals surface area contributed by atoms with Crippen LogP contribution in [0.4, 0.5) is 0 Å². The summed E-state index contributed by atoms with van der Waals surface area (Å²) in [5.41, 5.74) is 0. The van der Waals surface area contributed by atoms with Crippen LogP contribution in [0.25, 0.3) is 0 Å². The lowest BCUT2D eigenvalue weighted by Gasteiger charge is -2.35. The zero-order valence-electron chi connectivity index (χ0n) is 16.1. The van der Waals surface area contributed by atoms with E-state index in [0.29, 0.717) is 13.2 Å². The average molecular weight is 343 g/mol. The molecule has 0 spiro atoms. The summed E-state index contributed by atoms with van der Waals surface area (Å²) < 4.78 is 10.4. The highest BCUT2D eigenvalue weighted by Crippen LogP contribution is 2.20. The van der Waals surface area contributed by atoms with Crippen LogP contribution in [0.15, 0.2) is 4.99 Å². The van der Waals surface area contributed by atoms with Crippen molar-refractivity contribution in [2.45, 2.75) is 33.6 Å². The third-order valence-electron chi connectivity index (χ3n) is 4.16. The maximum absolute atomic E-state index is 5.45. The molecule has 2 unspecified atom stereocenters. The molecular weight excluding hydrogens is 304 g/mol. The normalized spacial score (nSPS) is 22.6. The van der Waals surface area contributed by atoms with Gasteiger partial charge in [0, 0.05) is 53.0 Å². The van der Waals surface area contributed by atoms with E-state index < -0.39 is 0 Å². The van der Waals surface area contributed by atoms with Crippen LogP contribution < -0.4 is 10.6 Å². The fourth-order valence-corrected chi connectivity index (χ4v) is 3.25. The zero-order valence-corrected chi connectivity index (χ0v) is 16.1. The second-order valence-electron chi connectivity index (χ2n) is 6.85. The summed E-state index contributed by atoms with van der Waals surface area (Å²) in [6.45, 7) is 15.0. The van der Waals surface area contributed by atoms with Gasteiger partial charge in [-0.1, -0.05) is 13.8 Å². The largest absolute Gasteiger partial charge is 0.382 e. The van der Waals surface area contributed by atoms with Crippen molar-refractivity contribution in [1.29, 1.82) is 0 Å². The quantitative estimate of drug-likeness (QED) is 0.339. The molecular formula is C18H38N4O2. The molecule has 0 aromatic rings. The molecule has 0 radical (unpaired) electrons. The van der Waals surface area contributed by atoms with Gasteiger partial charge in [0.1, 0.15) is 0 Å². The molecule has 6 heteroatoms. The van der Waals surface area contributed by atoms with E-state index in [-0.39, 0.29) is 0 Å². The van der Waals surface area contributed by atoms with Crippen molar-refractivity contribution >= 4 is 5.96 Å². The maximum Gasteiger partial charge on any atom is 0.191 e. The molecule has 0 aliphatic carbocycles. The Kier molecular flexibility index (Phi) is 11.9. The lowest BCUT2D eigenvalue weighted by Crippen LogP contribution is -2.45. The first-order valence-corrected chi connectivity index (χ1v) is 9.46. The number of ether oxygens (including phenoxy) is 2. The SMILES string of the molecule is CCNC(=NCCCOCCOC)NCCN1CC(C)CC(C)C1. The van der Waals surface area contributed by atoms with Gasteiger partial charge in [-0.2, -0.15) is 0 Å². The molecule has 0 aromatic heterocycles. The minimum absolute atomic E-state index is 0.654. The first kappa shape index (κ1) is 21.2. The van der Waals surface area contributed by atoms with Gasteiger partial charge in [-0.15, -0.1) is 0 Å². The van der Waals surface area contributed by atoms with E-state index in [1.54, 1.807) is 7.11 Å². The molecule has 2 atom stereocenters. The van der Waals surface area contributed by atoms with Gasteiger partial charge >= 0.3 is 0 Å². The molecule has 1 aliphatic rings. The lowest BCUT2D eigenvalue weighted by molar-refractivity contribution is 0.0702. The lowest BCUT2D eigenvalue weighted by atomic mass is 9.92. The monoisotopic (exact) mass is 342 g/mol. The number of nitrogens with zero attached hydrogens (tertiary/aromatic N) is 2. The number of rotatable bonds is 11. The van der Waals surface area contributed by atoms with Crippen molar-refractivity contribution in [1.82, 2.24) is 15.5 Å².